The topological polar surface area (TPSA) is 94.7 Å². The summed E-state index contributed by atoms with van der Waals surface area (Å²) in [6.07, 6.45) is 1.57. The maximum Gasteiger partial charge on any atom is 0.373 e. The van der Waals surface area contributed by atoms with E-state index in [0.717, 1.165) is 18.8 Å². The Hall–Kier alpha value is -2.87. The molecule has 0 aliphatic carbocycles. The van der Waals surface area contributed by atoms with Crippen molar-refractivity contribution < 1.29 is 22.9 Å². The molecule has 24 heavy (non-hydrogen) atoms. The lowest BCUT2D eigenvalue weighted by atomic mass is 10.00. The van der Waals surface area contributed by atoms with Crippen LogP contribution in [0.3, 0.4) is 0 Å². The van der Waals surface area contributed by atoms with Gasteiger partial charge in [0.1, 0.15) is 5.76 Å². The number of hydrogen-bond donors (Lipinski definition) is 0. The Morgan fingerprint density at radius 2 is 2.25 bits per heavy atom. The quantitative estimate of drug-likeness (QED) is 0.658. The number of furan rings is 2. The molecule has 4 heterocycles. The van der Waals surface area contributed by atoms with Gasteiger partial charge < -0.3 is 18.1 Å². The molecule has 1 fully saturated rings. The number of hydrogen-bond acceptors (Lipinski definition) is 8. The minimum atomic E-state index is -0.473. The highest BCUT2D eigenvalue weighted by molar-refractivity contribution is 5.86. The minimum absolute atomic E-state index is 0.191. The van der Waals surface area contributed by atoms with Crippen LogP contribution in [0.5, 0.6) is 0 Å². The van der Waals surface area contributed by atoms with Crippen molar-refractivity contribution in [3.05, 3.63) is 47.9 Å². The number of likely N-dealkylation sites (tertiary alicyclic amines) is 1. The van der Waals surface area contributed by atoms with Crippen molar-refractivity contribution >= 4 is 5.97 Å². The van der Waals surface area contributed by atoms with E-state index in [4.69, 9.17) is 13.4 Å². The van der Waals surface area contributed by atoms with E-state index in [9.17, 15) is 4.79 Å². The molecule has 4 rings (SSSR count). The van der Waals surface area contributed by atoms with Crippen LogP contribution in [-0.2, 0) is 11.3 Å². The number of rotatable bonds is 5. The summed E-state index contributed by atoms with van der Waals surface area (Å²) in [5.41, 5.74) is 0. The van der Waals surface area contributed by atoms with Gasteiger partial charge in [0.2, 0.25) is 17.5 Å². The van der Waals surface area contributed by atoms with Gasteiger partial charge in [-0.05, 0) is 24.3 Å². The summed E-state index contributed by atoms with van der Waals surface area (Å²) in [6.45, 7) is 2.19. The third-order valence-corrected chi connectivity index (χ3v) is 3.92. The number of carbonyl (C=O) groups excluding carboxylic acids is 1. The molecule has 0 bridgehead atoms. The normalized spacial score (nSPS) is 15.4. The first-order chi connectivity index (χ1) is 11.7. The van der Waals surface area contributed by atoms with Gasteiger partial charge in [0.25, 0.3) is 0 Å². The molecule has 0 atom stereocenters. The summed E-state index contributed by atoms with van der Waals surface area (Å²) in [7, 11) is 1.33. The Kier molecular flexibility index (Phi) is 3.66. The molecule has 0 amide bonds. The molecule has 1 aliphatic rings. The number of ether oxygens (including phenoxy) is 1. The lowest BCUT2D eigenvalue weighted by Gasteiger charge is -2.36. The van der Waals surface area contributed by atoms with Crippen LogP contribution in [0.15, 0.2) is 43.9 Å². The number of aromatic nitrogens is 2. The Morgan fingerprint density at radius 1 is 1.38 bits per heavy atom. The molecule has 0 aromatic carbocycles. The van der Waals surface area contributed by atoms with E-state index in [1.165, 1.54) is 7.11 Å². The molecule has 0 N–H and O–H groups in total. The Balaban J connectivity index is 1.33. The van der Waals surface area contributed by atoms with E-state index in [2.05, 4.69) is 19.8 Å². The molecule has 0 radical (unpaired) electrons. The van der Waals surface area contributed by atoms with Crippen LogP contribution in [0.25, 0.3) is 11.6 Å². The third-order valence-electron chi connectivity index (χ3n) is 3.92. The van der Waals surface area contributed by atoms with Crippen molar-refractivity contribution in [2.45, 2.75) is 12.5 Å². The fraction of sp³-hybridized carbons (Fsp3) is 0.312. The maximum atomic E-state index is 11.4. The fourth-order valence-electron chi connectivity index (χ4n) is 2.66. The maximum absolute atomic E-state index is 11.4. The molecule has 1 aliphatic heterocycles. The predicted molar refractivity (Wildman–Crippen MR) is 80.1 cm³/mol. The zero-order valence-electron chi connectivity index (χ0n) is 13.0. The van der Waals surface area contributed by atoms with Crippen molar-refractivity contribution in [2.24, 2.45) is 0 Å². The number of esters is 1. The molecule has 8 heteroatoms. The molecular formula is C16H15N3O5. The Bertz CT molecular complexity index is 830. The van der Waals surface area contributed by atoms with Gasteiger partial charge in [-0.2, -0.15) is 4.98 Å². The number of carbonyl (C=O) groups is 1. The van der Waals surface area contributed by atoms with Crippen LogP contribution in [-0.4, -0.2) is 41.2 Å². The average Bonchev–Trinajstić information content (AvgIpc) is 3.29. The zero-order valence-corrected chi connectivity index (χ0v) is 13.0. The van der Waals surface area contributed by atoms with Crippen molar-refractivity contribution in [2.75, 3.05) is 20.2 Å². The first-order valence-electron chi connectivity index (χ1n) is 7.50. The van der Waals surface area contributed by atoms with Gasteiger partial charge in [-0.15, -0.1) is 0 Å². The lowest BCUT2D eigenvalue weighted by molar-refractivity contribution is 0.0556. The Morgan fingerprint density at radius 3 is 3.00 bits per heavy atom. The molecule has 0 spiro atoms. The second-order valence-electron chi connectivity index (χ2n) is 5.58. The van der Waals surface area contributed by atoms with E-state index < -0.39 is 5.97 Å². The van der Waals surface area contributed by atoms with Gasteiger partial charge in [-0.3, -0.25) is 4.90 Å². The van der Waals surface area contributed by atoms with Gasteiger partial charge in [-0.25, -0.2) is 4.79 Å². The van der Waals surface area contributed by atoms with Crippen molar-refractivity contribution in [3.63, 3.8) is 0 Å². The fourth-order valence-corrected chi connectivity index (χ4v) is 2.66. The summed E-state index contributed by atoms with van der Waals surface area (Å²) >= 11 is 0. The zero-order chi connectivity index (χ0) is 16.5. The number of nitrogens with zero attached hydrogens (tertiary/aromatic N) is 3. The average molecular weight is 329 g/mol. The van der Waals surface area contributed by atoms with Crippen LogP contribution >= 0.6 is 0 Å². The molecule has 8 nitrogen and oxygen atoms in total. The number of methoxy groups -OCH3 is 1. The summed E-state index contributed by atoms with van der Waals surface area (Å²) in [4.78, 5) is 17.9. The van der Waals surface area contributed by atoms with E-state index in [1.807, 2.05) is 0 Å². The van der Waals surface area contributed by atoms with Crippen LogP contribution in [0, 0.1) is 0 Å². The van der Waals surface area contributed by atoms with Gasteiger partial charge in [-0.1, -0.05) is 5.16 Å². The SMILES string of the molecule is COC(=O)c1ccc(CN2CC(c3nc(-c4ccco4)no3)C2)o1. The van der Waals surface area contributed by atoms with Gasteiger partial charge in [0.15, 0.2) is 5.76 Å². The lowest BCUT2D eigenvalue weighted by Crippen LogP contribution is -2.44. The molecule has 0 unspecified atom stereocenters. The second kappa shape index (κ2) is 5.97. The highest BCUT2D eigenvalue weighted by atomic mass is 16.5. The van der Waals surface area contributed by atoms with Gasteiger partial charge in [0.05, 0.1) is 25.8 Å². The second-order valence-corrected chi connectivity index (χ2v) is 5.58. The summed E-state index contributed by atoms with van der Waals surface area (Å²) in [5, 5.41) is 3.93. The van der Waals surface area contributed by atoms with E-state index >= 15 is 0 Å². The minimum Gasteiger partial charge on any atom is -0.463 e. The smallest absolute Gasteiger partial charge is 0.373 e. The van der Waals surface area contributed by atoms with E-state index in [1.54, 1.807) is 30.5 Å². The molecule has 0 saturated carbocycles. The predicted octanol–water partition coefficient (Wildman–Crippen LogP) is 2.31. The van der Waals surface area contributed by atoms with E-state index in [0.29, 0.717) is 24.0 Å². The van der Waals surface area contributed by atoms with Crippen molar-refractivity contribution in [3.8, 4) is 11.6 Å². The Labute approximate surface area is 137 Å². The molecule has 3 aromatic rings. The largest absolute Gasteiger partial charge is 0.463 e. The van der Waals surface area contributed by atoms with Crippen LogP contribution in [0.4, 0.5) is 0 Å². The summed E-state index contributed by atoms with van der Waals surface area (Å²) < 4.78 is 20.6. The van der Waals surface area contributed by atoms with Gasteiger partial charge >= 0.3 is 5.97 Å². The molecule has 3 aromatic heterocycles. The highest BCUT2D eigenvalue weighted by Crippen LogP contribution is 2.29. The van der Waals surface area contributed by atoms with Crippen LogP contribution in [0.2, 0.25) is 0 Å². The van der Waals surface area contributed by atoms with Crippen LogP contribution in [0.1, 0.15) is 28.1 Å². The van der Waals surface area contributed by atoms with Gasteiger partial charge in [0, 0.05) is 13.1 Å². The van der Waals surface area contributed by atoms with Crippen molar-refractivity contribution in [1.29, 1.82) is 0 Å². The summed E-state index contributed by atoms with van der Waals surface area (Å²) in [6, 6.07) is 6.97. The first kappa shape index (κ1) is 14.7. The monoisotopic (exact) mass is 329 g/mol. The third kappa shape index (κ3) is 2.71. The first-order valence-corrected chi connectivity index (χ1v) is 7.50. The summed E-state index contributed by atoms with van der Waals surface area (Å²) in [5.74, 6) is 2.30. The highest BCUT2D eigenvalue weighted by Gasteiger charge is 2.33. The molecule has 124 valence electrons. The standard InChI is InChI=1S/C16H15N3O5/c1-21-16(20)13-5-4-11(23-13)9-19-7-10(8-19)15-17-14(18-24-15)12-3-2-6-22-12/h2-6,10H,7-9H2,1H3. The van der Waals surface area contributed by atoms with Crippen molar-refractivity contribution in [1.82, 2.24) is 15.0 Å². The van der Waals surface area contributed by atoms with Crippen LogP contribution < -0.4 is 0 Å². The molecule has 1 saturated heterocycles. The molecular weight excluding hydrogens is 314 g/mol. The van der Waals surface area contributed by atoms with E-state index in [-0.39, 0.29) is 11.7 Å².